The van der Waals surface area contributed by atoms with E-state index in [1.165, 1.54) is 5.56 Å². The summed E-state index contributed by atoms with van der Waals surface area (Å²) in [4.78, 5) is 2.31. The second-order valence-electron chi connectivity index (χ2n) is 3.86. The third-order valence-corrected chi connectivity index (χ3v) is 2.89. The summed E-state index contributed by atoms with van der Waals surface area (Å²) in [5, 5.41) is 9.47. The molecule has 1 aliphatic rings. The summed E-state index contributed by atoms with van der Waals surface area (Å²) in [6.07, 6.45) is 5.47. The lowest BCUT2D eigenvalue weighted by Gasteiger charge is -2.31. The van der Waals surface area contributed by atoms with E-state index in [0.29, 0.717) is 0 Å². The van der Waals surface area contributed by atoms with Crippen molar-refractivity contribution >= 4 is 0 Å². The van der Waals surface area contributed by atoms with Crippen LogP contribution in [0.1, 0.15) is 18.0 Å². The van der Waals surface area contributed by atoms with E-state index in [9.17, 15) is 5.11 Å². The van der Waals surface area contributed by atoms with E-state index in [-0.39, 0.29) is 12.6 Å². The van der Waals surface area contributed by atoms with E-state index in [0.717, 1.165) is 19.5 Å². The minimum atomic E-state index is 0.149. The summed E-state index contributed by atoms with van der Waals surface area (Å²) in [6.45, 7) is 2.18. The van der Waals surface area contributed by atoms with Crippen LogP contribution in [0.4, 0.5) is 0 Å². The largest absolute Gasteiger partial charge is 0.394 e. The highest BCUT2D eigenvalue weighted by atomic mass is 16.3. The molecule has 2 rings (SSSR count). The minimum Gasteiger partial charge on any atom is -0.394 e. The molecule has 2 nitrogen and oxygen atoms in total. The van der Waals surface area contributed by atoms with Gasteiger partial charge in [-0.25, -0.2) is 0 Å². The van der Waals surface area contributed by atoms with Gasteiger partial charge < -0.3 is 5.11 Å². The zero-order chi connectivity index (χ0) is 10.5. The van der Waals surface area contributed by atoms with Crippen molar-refractivity contribution in [2.75, 3.05) is 19.7 Å². The highest BCUT2D eigenvalue weighted by Crippen LogP contribution is 2.21. The summed E-state index contributed by atoms with van der Waals surface area (Å²) in [6, 6.07) is 10.4. The Balaban J connectivity index is 2.13. The van der Waals surface area contributed by atoms with Crippen LogP contribution in [-0.2, 0) is 0 Å². The van der Waals surface area contributed by atoms with Gasteiger partial charge in [0.1, 0.15) is 0 Å². The number of hydrogen-bond acceptors (Lipinski definition) is 2. The summed E-state index contributed by atoms with van der Waals surface area (Å²) in [5.74, 6) is 0. The molecule has 0 aromatic heterocycles. The Kier molecular flexibility index (Phi) is 3.54. The molecule has 0 radical (unpaired) electrons. The topological polar surface area (TPSA) is 23.5 Å². The van der Waals surface area contributed by atoms with Crippen LogP contribution in [0.5, 0.6) is 0 Å². The molecule has 2 heteroatoms. The van der Waals surface area contributed by atoms with Gasteiger partial charge in [-0.15, -0.1) is 0 Å². The number of aliphatic hydroxyl groups is 1. The summed E-state index contributed by atoms with van der Waals surface area (Å²) >= 11 is 0. The Morgan fingerprint density at radius 2 is 2.00 bits per heavy atom. The second-order valence-corrected chi connectivity index (χ2v) is 3.86. The average Bonchev–Trinajstić information content (AvgIpc) is 2.33. The smallest absolute Gasteiger partial charge is 0.0628 e. The average molecular weight is 203 g/mol. The number of benzene rings is 1. The molecule has 0 amide bonds. The van der Waals surface area contributed by atoms with Gasteiger partial charge in [0.25, 0.3) is 0 Å². The van der Waals surface area contributed by atoms with Crippen LogP contribution in [0.2, 0.25) is 0 Å². The molecule has 0 aliphatic carbocycles. The number of aliphatic hydroxyl groups excluding tert-OH is 1. The van der Waals surface area contributed by atoms with E-state index in [1.807, 2.05) is 18.2 Å². The van der Waals surface area contributed by atoms with Crippen molar-refractivity contribution in [3.8, 4) is 0 Å². The first kappa shape index (κ1) is 10.4. The van der Waals surface area contributed by atoms with Crippen molar-refractivity contribution in [1.82, 2.24) is 4.90 Å². The Morgan fingerprint density at radius 1 is 1.20 bits per heavy atom. The van der Waals surface area contributed by atoms with Gasteiger partial charge in [0.15, 0.2) is 0 Å². The molecule has 1 heterocycles. The zero-order valence-electron chi connectivity index (χ0n) is 8.84. The molecule has 0 saturated carbocycles. The molecule has 1 atom stereocenters. The number of nitrogens with zero attached hydrogens (tertiary/aromatic N) is 1. The molecular weight excluding hydrogens is 186 g/mol. The molecule has 1 unspecified atom stereocenters. The SMILES string of the molecule is OCC(c1ccccc1)N1CC=CCC1. The van der Waals surface area contributed by atoms with Gasteiger partial charge >= 0.3 is 0 Å². The van der Waals surface area contributed by atoms with Crippen molar-refractivity contribution in [3.05, 3.63) is 48.0 Å². The van der Waals surface area contributed by atoms with Crippen molar-refractivity contribution in [1.29, 1.82) is 0 Å². The summed E-state index contributed by atoms with van der Waals surface area (Å²) in [7, 11) is 0. The number of hydrogen-bond donors (Lipinski definition) is 1. The van der Waals surface area contributed by atoms with Crippen LogP contribution >= 0.6 is 0 Å². The second kappa shape index (κ2) is 5.10. The maximum absolute atomic E-state index is 9.47. The molecular formula is C13H17NO. The van der Waals surface area contributed by atoms with Gasteiger partial charge in [-0.1, -0.05) is 42.5 Å². The van der Waals surface area contributed by atoms with E-state index in [2.05, 4.69) is 29.2 Å². The lowest BCUT2D eigenvalue weighted by atomic mass is 10.0. The van der Waals surface area contributed by atoms with Gasteiger partial charge in [0, 0.05) is 13.1 Å². The summed E-state index contributed by atoms with van der Waals surface area (Å²) < 4.78 is 0. The Bertz CT molecular complexity index is 321. The zero-order valence-corrected chi connectivity index (χ0v) is 8.84. The van der Waals surface area contributed by atoms with Crippen molar-refractivity contribution in [2.45, 2.75) is 12.5 Å². The molecule has 1 aliphatic heterocycles. The molecule has 1 N–H and O–H groups in total. The highest BCUT2D eigenvalue weighted by Gasteiger charge is 2.18. The maximum Gasteiger partial charge on any atom is 0.0628 e. The van der Waals surface area contributed by atoms with E-state index >= 15 is 0 Å². The van der Waals surface area contributed by atoms with Crippen LogP contribution in [0.25, 0.3) is 0 Å². The molecule has 0 bridgehead atoms. The van der Waals surface area contributed by atoms with Gasteiger partial charge in [-0.2, -0.15) is 0 Å². The minimum absolute atomic E-state index is 0.149. The fourth-order valence-corrected chi connectivity index (χ4v) is 2.05. The van der Waals surface area contributed by atoms with Crippen LogP contribution in [0.15, 0.2) is 42.5 Å². The lowest BCUT2D eigenvalue weighted by molar-refractivity contribution is 0.132. The third kappa shape index (κ3) is 2.46. The first-order chi connectivity index (χ1) is 7.42. The third-order valence-electron chi connectivity index (χ3n) is 2.89. The maximum atomic E-state index is 9.47. The Labute approximate surface area is 90.8 Å². The van der Waals surface area contributed by atoms with Gasteiger partial charge in [-0.05, 0) is 12.0 Å². The lowest BCUT2D eigenvalue weighted by Crippen LogP contribution is -2.33. The number of rotatable bonds is 3. The summed E-state index contributed by atoms with van der Waals surface area (Å²) in [5.41, 5.74) is 1.20. The first-order valence-electron chi connectivity index (χ1n) is 5.46. The fourth-order valence-electron chi connectivity index (χ4n) is 2.05. The highest BCUT2D eigenvalue weighted by molar-refractivity contribution is 5.19. The van der Waals surface area contributed by atoms with Crippen molar-refractivity contribution < 1.29 is 5.11 Å². The van der Waals surface area contributed by atoms with Crippen LogP contribution in [0.3, 0.4) is 0 Å². The van der Waals surface area contributed by atoms with E-state index in [4.69, 9.17) is 0 Å². The standard InChI is InChI=1S/C13H17NO/c15-11-13(12-7-3-1-4-8-12)14-9-5-2-6-10-14/h1-5,7-8,13,15H,6,9-11H2. The fraction of sp³-hybridized carbons (Fsp3) is 0.385. The van der Waals surface area contributed by atoms with Crippen LogP contribution in [0, 0.1) is 0 Å². The van der Waals surface area contributed by atoms with Gasteiger partial charge in [-0.3, -0.25) is 4.90 Å². The van der Waals surface area contributed by atoms with Crippen molar-refractivity contribution in [2.24, 2.45) is 0 Å². The van der Waals surface area contributed by atoms with Crippen LogP contribution < -0.4 is 0 Å². The predicted octanol–water partition coefficient (Wildman–Crippen LogP) is 1.98. The van der Waals surface area contributed by atoms with Gasteiger partial charge in [0.2, 0.25) is 0 Å². The molecule has 0 saturated heterocycles. The molecule has 0 fully saturated rings. The van der Waals surface area contributed by atoms with Crippen LogP contribution in [-0.4, -0.2) is 29.7 Å². The Hall–Kier alpha value is -1.12. The quantitative estimate of drug-likeness (QED) is 0.759. The molecule has 15 heavy (non-hydrogen) atoms. The molecule has 80 valence electrons. The molecule has 1 aromatic carbocycles. The van der Waals surface area contributed by atoms with Gasteiger partial charge in [0.05, 0.1) is 12.6 Å². The van der Waals surface area contributed by atoms with Crippen molar-refractivity contribution in [3.63, 3.8) is 0 Å². The predicted molar refractivity (Wildman–Crippen MR) is 61.6 cm³/mol. The molecule has 1 aromatic rings. The normalized spacial score (nSPS) is 19.0. The van der Waals surface area contributed by atoms with E-state index < -0.39 is 0 Å². The van der Waals surface area contributed by atoms with E-state index in [1.54, 1.807) is 0 Å². The Morgan fingerprint density at radius 3 is 2.60 bits per heavy atom. The first-order valence-corrected chi connectivity index (χ1v) is 5.46. The molecule has 0 spiro atoms. The monoisotopic (exact) mass is 203 g/mol.